The number of hydrogen-bond acceptors (Lipinski definition) is 3. The molecule has 0 aliphatic carbocycles. The van der Waals surface area contributed by atoms with Gasteiger partial charge in [0, 0.05) is 0 Å². The van der Waals surface area contributed by atoms with Gasteiger partial charge in [-0.2, -0.15) is 10.7 Å². The van der Waals surface area contributed by atoms with Gasteiger partial charge in [-0.25, -0.2) is 0 Å². The normalized spacial score (nSPS) is 13.1. The summed E-state index contributed by atoms with van der Waals surface area (Å²) in [5, 5.41) is 8.45. The van der Waals surface area contributed by atoms with Crippen LogP contribution in [0.25, 0.3) is 0 Å². The van der Waals surface area contributed by atoms with Gasteiger partial charge in [0.15, 0.2) is 0 Å². The van der Waals surface area contributed by atoms with Gasteiger partial charge in [0.1, 0.15) is 6.04 Å². The Balaban J connectivity index is 3.38. The number of nitrogens with one attached hydrogen (secondary N) is 1. The predicted molar refractivity (Wildman–Crippen MR) is 39.0 cm³/mol. The van der Waals surface area contributed by atoms with Gasteiger partial charge in [0.2, 0.25) is 0 Å². The molecule has 0 fully saturated rings. The minimum atomic E-state index is -0.178. The Kier molecular flexibility index (Phi) is 4.91. The van der Waals surface area contributed by atoms with Crippen molar-refractivity contribution in [2.24, 2.45) is 0 Å². The summed E-state index contributed by atoms with van der Waals surface area (Å²) in [6.07, 6.45) is 0.894. The SMILES string of the molecule is CCC(C#N)NOC(C)C. The lowest BCUT2D eigenvalue weighted by Crippen LogP contribution is -2.29. The van der Waals surface area contributed by atoms with Gasteiger partial charge in [-0.15, -0.1) is 0 Å². The zero-order valence-corrected chi connectivity index (χ0v) is 6.72. The molecule has 3 heteroatoms. The number of nitrogens with zero attached hydrogens (tertiary/aromatic N) is 1. The number of nitriles is 1. The van der Waals surface area contributed by atoms with Crippen LogP contribution in [0, 0.1) is 11.3 Å². The summed E-state index contributed by atoms with van der Waals surface area (Å²) in [5.74, 6) is 0. The Morgan fingerprint density at radius 1 is 1.60 bits per heavy atom. The summed E-state index contributed by atoms with van der Waals surface area (Å²) >= 11 is 0. The van der Waals surface area contributed by atoms with Crippen LogP contribution in [0.4, 0.5) is 0 Å². The molecule has 0 aromatic heterocycles. The fourth-order valence-corrected chi connectivity index (χ4v) is 0.419. The van der Waals surface area contributed by atoms with Crippen LogP contribution >= 0.6 is 0 Å². The Bertz CT molecular complexity index is 117. The van der Waals surface area contributed by atoms with E-state index in [0.29, 0.717) is 0 Å². The van der Waals surface area contributed by atoms with E-state index in [2.05, 4.69) is 11.5 Å². The van der Waals surface area contributed by atoms with Crippen molar-refractivity contribution >= 4 is 0 Å². The minimum Gasteiger partial charge on any atom is -0.298 e. The van der Waals surface area contributed by atoms with Crippen molar-refractivity contribution in [3.8, 4) is 6.07 Å². The molecule has 0 amide bonds. The summed E-state index contributed by atoms with van der Waals surface area (Å²) in [7, 11) is 0. The van der Waals surface area contributed by atoms with E-state index in [1.54, 1.807) is 0 Å². The molecule has 0 aliphatic rings. The molecule has 0 heterocycles. The molecular formula is C7H14N2O. The molecule has 1 unspecified atom stereocenters. The summed E-state index contributed by atoms with van der Waals surface area (Å²) in [4.78, 5) is 5.01. The van der Waals surface area contributed by atoms with Crippen molar-refractivity contribution in [3.05, 3.63) is 0 Å². The molecule has 1 atom stereocenters. The van der Waals surface area contributed by atoms with Crippen molar-refractivity contribution in [1.82, 2.24) is 5.48 Å². The molecule has 10 heavy (non-hydrogen) atoms. The number of hydrogen-bond donors (Lipinski definition) is 1. The maximum Gasteiger partial charge on any atom is 0.118 e. The lowest BCUT2D eigenvalue weighted by Gasteiger charge is -2.11. The highest BCUT2D eigenvalue weighted by molar-refractivity contribution is 4.85. The molecule has 1 N–H and O–H groups in total. The molecule has 0 aromatic carbocycles. The number of rotatable bonds is 4. The van der Waals surface area contributed by atoms with E-state index in [4.69, 9.17) is 10.1 Å². The smallest absolute Gasteiger partial charge is 0.118 e. The van der Waals surface area contributed by atoms with Crippen LogP contribution < -0.4 is 5.48 Å². The average molecular weight is 142 g/mol. The second kappa shape index (κ2) is 5.21. The largest absolute Gasteiger partial charge is 0.298 e. The molecule has 0 bridgehead atoms. The summed E-state index contributed by atoms with van der Waals surface area (Å²) in [6.45, 7) is 5.76. The quantitative estimate of drug-likeness (QED) is 0.600. The summed E-state index contributed by atoms with van der Waals surface area (Å²) in [5.41, 5.74) is 2.66. The van der Waals surface area contributed by atoms with E-state index in [-0.39, 0.29) is 12.1 Å². The molecule has 0 aliphatic heterocycles. The van der Waals surface area contributed by atoms with Crippen LogP contribution in [-0.2, 0) is 4.84 Å². The second-order valence-electron chi connectivity index (χ2n) is 2.37. The molecule has 0 rings (SSSR count). The molecule has 0 aromatic rings. The van der Waals surface area contributed by atoms with Gasteiger partial charge in [0.05, 0.1) is 12.2 Å². The van der Waals surface area contributed by atoms with Crippen LogP contribution in [0.15, 0.2) is 0 Å². The summed E-state index contributed by atoms with van der Waals surface area (Å²) < 4.78 is 0. The molecule has 0 spiro atoms. The second-order valence-corrected chi connectivity index (χ2v) is 2.37. The van der Waals surface area contributed by atoms with Gasteiger partial charge in [-0.1, -0.05) is 6.92 Å². The molecule has 0 saturated heterocycles. The Morgan fingerprint density at radius 2 is 2.20 bits per heavy atom. The minimum absolute atomic E-state index is 0.127. The molecule has 3 nitrogen and oxygen atoms in total. The van der Waals surface area contributed by atoms with Crippen LogP contribution in [0.3, 0.4) is 0 Å². The van der Waals surface area contributed by atoms with Crippen molar-refractivity contribution in [2.75, 3.05) is 0 Å². The maximum atomic E-state index is 8.45. The third kappa shape index (κ3) is 4.30. The van der Waals surface area contributed by atoms with Crippen LogP contribution in [0.2, 0.25) is 0 Å². The molecular weight excluding hydrogens is 128 g/mol. The Morgan fingerprint density at radius 3 is 2.50 bits per heavy atom. The first-order valence-electron chi connectivity index (χ1n) is 3.51. The van der Waals surface area contributed by atoms with E-state index in [1.165, 1.54) is 0 Å². The number of hydroxylamine groups is 1. The van der Waals surface area contributed by atoms with Crippen molar-refractivity contribution < 1.29 is 4.84 Å². The Hall–Kier alpha value is -0.590. The van der Waals surface area contributed by atoms with Gasteiger partial charge in [-0.05, 0) is 20.3 Å². The highest BCUT2D eigenvalue weighted by Crippen LogP contribution is 1.90. The first-order chi connectivity index (χ1) is 4.70. The summed E-state index contributed by atoms with van der Waals surface area (Å²) in [6, 6.07) is 1.89. The first-order valence-corrected chi connectivity index (χ1v) is 3.51. The lowest BCUT2D eigenvalue weighted by atomic mass is 10.3. The predicted octanol–water partition coefficient (Wildman–Crippen LogP) is 1.22. The van der Waals surface area contributed by atoms with Crippen LogP contribution in [0.1, 0.15) is 27.2 Å². The fourth-order valence-electron chi connectivity index (χ4n) is 0.419. The third-order valence-electron chi connectivity index (χ3n) is 1.01. The third-order valence-corrected chi connectivity index (χ3v) is 1.01. The molecule has 0 radical (unpaired) electrons. The highest BCUT2D eigenvalue weighted by Gasteiger charge is 2.02. The van der Waals surface area contributed by atoms with Crippen molar-refractivity contribution in [3.63, 3.8) is 0 Å². The topological polar surface area (TPSA) is 45.0 Å². The van der Waals surface area contributed by atoms with E-state index in [1.807, 2.05) is 20.8 Å². The van der Waals surface area contributed by atoms with Gasteiger partial charge in [-0.3, -0.25) is 4.84 Å². The van der Waals surface area contributed by atoms with E-state index in [9.17, 15) is 0 Å². The Labute approximate surface area is 61.9 Å². The monoisotopic (exact) mass is 142 g/mol. The van der Waals surface area contributed by atoms with Gasteiger partial charge >= 0.3 is 0 Å². The van der Waals surface area contributed by atoms with Crippen molar-refractivity contribution in [1.29, 1.82) is 5.26 Å². The highest BCUT2D eigenvalue weighted by atomic mass is 16.7. The van der Waals surface area contributed by atoms with E-state index >= 15 is 0 Å². The maximum absolute atomic E-state index is 8.45. The standard InChI is InChI=1S/C7H14N2O/c1-4-7(5-8)9-10-6(2)3/h6-7,9H,4H2,1-3H3. The van der Waals surface area contributed by atoms with Crippen LogP contribution in [0.5, 0.6) is 0 Å². The average Bonchev–Trinajstić information content (AvgIpc) is 1.90. The van der Waals surface area contributed by atoms with Crippen LogP contribution in [-0.4, -0.2) is 12.1 Å². The molecule has 0 saturated carbocycles. The first kappa shape index (κ1) is 9.41. The molecule has 58 valence electrons. The zero-order valence-electron chi connectivity index (χ0n) is 6.72. The van der Waals surface area contributed by atoms with Gasteiger partial charge < -0.3 is 0 Å². The lowest BCUT2D eigenvalue weighted by molar-refractivity contribution is -0.0166. The van der Waals surface area contributed by atoms with Gasteiger partial charge in [0.25, 0.3) is 0 Å². The van der Waals surface area contributed by atoms with Crippen molar-refractivity contribution in [2.45, 2.75) is 39.3 Å². The zero-order chi connectivity index (χ0) is 7.98. The van der Waals surface area contributed by atoms with E-state index in [0.717, 1.165) is 6.42 Å². The van der Waals surface area contributed by atoms with E-state index < -0.39 is 0 Å². The fraction of sp³-hybridized carbons (Fsp3) is 0.857.